The molecule has 1 aliphatic carbocycles. The summed E-state index contributed by atoms with van der Waals surface area (Å²) >= 11 is 0. The number of rotatable bonds is 7. The molecule has 306 valence electrons. The van der Waals surface area contributed by atoms with Gasteiger partial charge in [0.25, 0.3) is 15.9 Å². The van der Waals surface area contributed by atoms with Gasteiger partial charge in [-0.25, -0.2) is 22.9 Å². The van der Waals surface area contributed by atoms with Crippen molar-refractivity contribution in [1.29, 1.82) is 0 Å². The monoisotopic (exact) mass is 820 g/mol. The second-order valence-corrected chi connectivity index (χ2v) is 16.6. The molecule has 15 nitrogen and oxygen atoms in total. The molecule has 7 rings (SSSR count). The van der Waals surface area contributed by atoms with Crippen molar-refractivity contribution in [3.05, 3.63) is 91.5 Å². The first-order valence-electron chi connectivity index (χ1n) is 19.4. The van der Waals surface area contributed by atoms with Crippen LogP contribution in [0, 0.1) is 5.92 Å². The van der Waals surface area contributed by atoms with E-state index in [1.54, 1.807) is 25.3 Å². The molecule has 1 unspecified atom stereocenters. The van der Waals surface area contributed by atoms with Gasteiger partial charge in [0.1, 0.15) is 40.1 Å². The Morgan fingerprint density at radius 1 is 0.949 bits per heavy atom. The number of hydrogen-bond donors (Lipinski definition) is 3. The Bertz CT molecular complexity index is 2460. The first-order valence-corrected chi connectivity index (χ1v) is 20.9. The molecule has 3 aromatic carbocycles. The van der Waals surface area contributed by atoms with Crippen LogP contribution in [0.15, 0.2) is 101 Å². The van der Waals surface area contributed by atoms with E-state index in [0.717, 1.165) is 5.56 Å². The smallest absolute Gasteiger partial charge is 0.266 e. The number of aliphatic imine (C=N–C) groups is 1. The van der Waals surface area contributed by atoms with E-state index < -0.39 is 57.4 Å². The van der Waals surface area contributed by atoms with Crippen molar-refractivity contribution in [1.82, 2.24) is 19.9 Å². The fourth-order valence-electron chi connectivity index (χ4n) is 7.91. The highest BCUT2D eigenvalue weighted by Gasteiger charge is 2.62. The fourth-order valence-corrected chi connectivity index (χ4v) is 9.07. The number of nitrogens with one attached hydrogen (secondary N) is 3. The van der Waals surface area contributed by atoms with Gasteiger partial charge in [-0.15, -0.1) is 6.58 Å². The number of benzene rings is 3. The Labute approximate surface area is 341 Å². The zero-order valence-corrected chi connectivity index (χ0v) is 33.2. The topological polar surface area (TPSA) is 203 Å². The van der Waals surface area contributed by atoms with Gasteiger partial charge in [-0.3, -0.25) is 19.2 Å². The number of pyridine rings is 1. The SMILES string of the molecule is C=C[C@@H]1C[C@]1(N=C=O)C1NC(=O)[C@@H]2C[C@@H](Oc3cc(-c4ccccc4)nc4cc(OC)ccc34)CN2C(=O)CCCCCCC(=O)Nc2ccccc2S(=O)(=O)NC1=O. The standard InChI is InChI=1S/C43H44N6O9S/c1-3-28-24-43(28,44-26-50)40-42(54)48-59(55,56)37-16-12-11-15-32(37)46-38(51)17-9-4-5-10-18-39(52)49-25-30(22-35(49)41(53)47-40)58-36-23-33(27-13-7-6-8-14-27)45-34-21-29(57-2)19-20-31(34)36/h3,6-8,11-16,19-21,23,28,30,35,40H,1,4-5,9-10,17-18,22,24-25H2,2H3,(H,46,51)(H,47,53)(H,48,54)/t28-,30-,35+,40?,43-/m1/s1. The van der Waals surface area contributed by atoms with Gasteiger partial charge in [-0.2, -0.15) is 4.99 Å². The molecule has 4 aromatic rings. The number of ether oxygens (including phenoxy) is 2. The van der Waals surface area contributed by atoms with Gasteiger partial charge >= 0.3 is 0 Å². The second-order valence-electron chi connectivity index (χ2n) is 14.9. The summed E-state index contributed by atoms with van der Waals surface area (Å²) in [7, 11) is -3.10. The molecule has 4 amide bonds. The molecule has 16 heteroatoms. The predicted octanol–water partition coefficient (Wildman–Crippen LogP) is 4.82. The van der Waals surface area contributed by atoms with Gasteiger partial charge in [0.2, 0.25) is 23.8 Å². The molecule has 3 aliphatic rings. The average Bonchev–Trinajstić information content (AvgIpc) is 3.78. The van der Waals surface area contributed by atoms with Crippen LogP contribution in [0.5, 0.6) is 11.5 Å². The summed E-state index contributed by atoms with van der Waals surface area (Å²) in [6.45, 7) is 3.79. The minimum Gasteiger partial charge on any atom is -0.497 e. The highest BCUT2D eigenvalue weighted by Crippen LogP contribution is 2.50. The molecule has 2 aliphatic heterocycles. The molecule has 0 spiro atoms. The molecule has 3 N–H and O–H groups in total. The molecule has 0 radical (unpaired) electrons. The number of anilines is 1. The molecule has 1 aromatic heterocycles. The molecule has 1 saturated heterocycles. The molecule has 59 heavy (non-hydrogen) atoms. The Morgan fingerprint density at radius 2 is 1.69 bits per heavy atom. The maximum Gasteiger partial charge on any atom is 0.266 e. The number of amides is 4. The van der Waals surface area contributed by atoms with Gasteiger partial charge in [0.05, 0.1) is 30.6 Å². The van der Waals surface area contributed by atoms with Crippen molar-refractivity contribution >= 4 is 56.3 Å². The lowest BCUT2D eigenvalue weighted by molar-refractivity contribution is -0.139. The minimum absolute atomic E-state index is 0.0147. The molecule has 2 fully saturated rings. The summed E-state index contributed by atoms with van der Waals surface area (Å²) in [6.07, 6.45) is 4.75. The Kier molecular flexibility index (Phi) is 11.9. The van der Waals surface area contributed by atoms with Crippen LogP contribution in [0.2, 0.25) is 0 Å². The normalized spacial score (nSPS) is 25.0. The van der Waals surface area contributed by atoms with E-state index in [1.807, 2.05) is 47.2 Å². The fraction of sp³-hybridized carbons (Fsp3) is 0.349. The second kappa shape index (κ2) is 17.2. The lowest BCUT2D eigenvalue weighted by Crippen LogP contribution is -2.59. The number of methoxy groups -OCH3 is 1. The number of nitrogens with zero attached hydrogens (tertiary/aromatic N) is 3. The summed E-state index contributed by atoms with van der Waals surface area (Å²) in [4.78, 5) is 77.1. The number of aromatic nitrogens is 1. The number of fused-ring (bicyclic) bond motifs is 3. The molecular weight excluding hydrogens is 777 g/mol. The Balaban J connectivity index is 1.24. The van der Waals surface area contributed by atoms with Gasteiger partial charge in [-0.1, -0.05) is 61.4 Å². The van der Waals surface area contributed by atoms with Crippen molar-refractivity contribution in [2.45, 2.75) is 80.0 Å². The maximum absolute atomic E-state index is 14.5. The lowest BCUT2D eigenvalue weighted by Gasteiger charge is -2.28. The third-order valence-electron chi connectivity index (χ3n) is 11.1. The quantitative estimate of drug-likeness (QED) is 0.132. The van der Waals surface area contributed by atoms with Crippen LogP contribution in [0.1, 0.15) is 51.4 Å². The van der Waals surface area contributed by atoms with Gasteiger partial charge in [-0.05, 0) is 43.5 Å². The van der Waals surface area contributed by atoms with Crippen LogP contribution in [0.3, 0.4) is 0 Å². The first kappa shape index (κ1) is 40.8. The number of isocyanates is 1. The summed E-state index contributed by atoms with van der Waals surface area (Å²) in [5.74, 6) is -2.23. The van der Waals surface area contributed by atoms with Gasteiger partial charge in [0.15, 0.2) is 0 Å². The van der Waals surface area contributed by atoms with Gasteiger partial charge in [0, 0.05) is 48.3 Å². The zero-order valence-electron chi connectivity index (χ0n) is 32.4. The van der Waals surface area contributed by atoms with Crippen LogP contribution in [-0.2, 0) is 34.0 Å². The highest BCUT2D eigenvalue weighted by molar-refractivity contribution is 7.90. The number of sulfonamides is 1. The number of para-hydroxylation sites is 1. The molecule has 0 bridgehead atoms. The third-order valence-corrected chi connectivity index (χ3v) is 12.5. The predicted molar refractivity (Wildman–Crippen MR) is 217 cm³/mol. The Hall–Kier alpha value is -6.38. The van der Waals surface area contributed by atoms with E-state index in [-0.39, 0.29) is 48.7 Å². The summed E-state index contributed by atoms with van der Waals surface area (Å²) in [6, 6.07) is 19.5. The number of carbonyl (C=O) groups is 4. The average molecular weight is 821 g/mol. The van der Waals surface area contributed by atoms with Crippen molar-refractivity contribution in [3.63, 3.8) is 0 Å². The third kappa shape index (κ3) is 8.74. The van der Waals surface area contributed by atoms with Crippen molar-refractivity contribution in [3.8, 4) is 22.8 Å². The zero-order chi connectivity index (χ0) is 41.7. The van der Waals surface area contributed by atoms with Crippen LogP contribution in [-0.4, -0.2) is 85.4 Å². The van der Waals surface area contributed by atoms with E-state index >= 15 is 0 Å². The van der Waals surface area contributed by atoms with Crippen molar-refractivity contribution in [2.75, 3.05) is 19.0 Å². The number of carbonyl (C=O) groups excluding carboxylic acids is 5. The van der Waals surface area contributed by atoms with Crippen LogP contribution in [0.4, 0.5) is 5.69 Å². The lowest BCUT2D eigenvalue weighted by atomic mass is 10.0. The van der Waals surface area contributed by atoms with E-state index in [1.165, 1.54) is 35.3 Å². The maximum atomic E-state index is 14.5. The van der Waals surface area contributed by atoms with Crippen LogP contribution in [0.25, 0.3) is 22.2 Å². The summed E-state index contributed by atoms with van der Waals surface area (Å²) in [5.41, 5.74) is 0.440. The molecule has 3 heterocycles. The molecule has 5 atom stereocenters. The minimum atomic E-state index is -4.67. The van der Waals surface area contributed by atoms with Crippen molar-refractivity contribution in [2.24, 2.45) is 10.9 Å². The van der Waals surface area contributed by atoms with Crippen LogP contribution < -0.4 is 24.8 Å². The summed E-state index contributed by atoms with van der Waals surface area (Å²) in [5, 5.41) is 5.97. The Morgan fingerprint density at radius 3 is 2.42 bits per heavy atom. The summed E-state index contributed by atoms with van der Waals surface area (Å²) < 4.78 is 41.8. The highest BCUT2D eigenvalue weighted by atomic mass is 32.2. The molecular formula is C43H44N6O9S. The molecule has 1 saturated carbocycles. The van der Waals surface area contributed by atoms with Gasteiger partial charge < -0.3 is 25.0 Å². The van der Waals surface area contributed by atoms with Crippen molar-refractivity contribution < 1.29 is 41.9 Å². The largest absolute Gasteiger partial charge is 0.497 e. The van der Waals surface area contributed by atoms with E-state index in [9.17, 15) is 32.4 Å². The van der Waals surface area contributed by atoms with E-state index in [2.05, 4.69) is 22.2 Å². The first-order chi connectivity index (χ1) is 28.5. The van der Waals surface area contributed by atoms with E-state index in [0.29, 0.717) is 53.8 Å². The van der Waals surface area contributed by atoms with Crippen LogP contribution >= 0.6 is 0 Å². The van der Waals surface area contributed by atoms with E-state index in [4.69, 9.17) is 14.5 Å². The number of hydrogen-bond acceptors (Lipinski definition) is 11.